The lowest BCUT2D eigenvalue weighted by molar-refractivity contribution is -0.189. The van der Waals surface area contributed by atoms with Gasteiger partial charge in [-0.1, -0.05) is 19.8 Å². The van der Waals surface area contributed by atoms with Crippen molar-refractivity contribution in [2.24, 2.45) is 0 Å². The number of unbranched alkanes of at least 4 members (excludes halogenated alkanes) is 2. The van der Waals surface area contributed by atoms with Gasteiger partial charge in [-0.3, -0.25) is 0 Å². The minimum absolute atomic E-state index is 0.104. The Morgan fingerprint density at radius 1 is 0.684 bits per heavy atom. The highest BCUT2D eigenvalue weighted by molar-refractivity contribution is 5.73. The first-order valence-electron chi connectivity index (χ1n) is 10.9. The Labute approximate surface area is 208 Å². The van der Waals surface area contributed by atoms with E-state index in [9.17, 15) is 49.0 Å². The van der Waals surface area contributed by atoms with E-state index < -0.39 is 80.9 Å². The van der Waals surface area contributed by atoms with Crippen LogP contribution >= 0.6 is 0 Å². The van der Waals surface area contributed by atoms with E-state index in [1.165, 1.54) is 0 Å². The fraction of sp³-hybridized carbons (Fsp3) is 0.280. The average molecular weight is 558 g/mol. The molecule has 0 aliphatic carbocycles. The van der Waals surface area contributed by atoms with Gasteiger partial charge in [0.1, 0.15) is 51.7 Å². The Morgan fingerprint density at radius 2 is 1.21 bits per heavy atom. The number of phenolic OH excluding ortho intramolecular Hbond substituents is 1. The van der Waals surface area contributed by atoms with Gasteiger partial charge in [0.25, 0.3) is 0 Å². The van der Waals surface area contributed by atoms with Crippen molar-refractivity contribution < 1.29 is 58.1 Å². The van der Waals surface area contributed by atoms with Crippen LogP contribution in [0.25, 0.3) is 11.1 Å². The van der Waals surface area contributed by atoms with Gasteiger partial charge in [-0.25, -0.2) is 26.3 Å². The summed E-state index contributed by atoms with van der Waals surface area (Å²) in [5.74, 6) is -15.3. The molecule has 0 bridgehead atoms. The molecule has 0 aromatic heterocycles. The van der Waals surface area contributed by atoms with Crippen LogP contribution < -0.4 is 4.74 Å². The number of halogens is 11. The third-order valence-electron chi connectivity index (χ3n) is 5.45. The molecule has 13 heteroatoms. The largest absolute Gasteiger partial charge is 0.507 e. The monoisotopic (exact) mass is 558 g/mol. The fourth-order valence-corrected chi connectivity index (χ4v) is 3.78. The summed E-state index contributed by atoms with van der Waals surface area (Å²) < 4.78 is 158. The highest BCUT2D eigenvalue weighted by Crippen LogP contribution is 2.44. The number of phenols is 1. The van der Waals surface area contributed by atoms with Crippen LogP contribution in [0.3, 0.4) is 0 Å². The van der Waals surface area contributed by atoms with Gasteiger partial charge in [-0.15, -0.1) is 0 Å². The molecular formula is C25H17F11O2. The third kappa shape index (κ3) is 5.81. The van der Waals surface area contributed by atoms with Crippen LogP contribution in [0.4, 0.5) is 48.3 Å². The maximum Gasteiger partial charge on any atom is 0.432 e. The fourth-order valence-electron chi connectivity index (χ4n) is 3.78. The van der Waals surface area contributed by atoms with Crippen LogP contribution in [-0.4, -0.2) is 5.11 Å². The summed E-state index contributed by atoms with van der Waals surface area (Å²) in [6.45, 7) is 1.88. The van der Waals surface area contributed by atoms with Crippen molar-refractivity contribution in [2.45, 2.75) is 44.9 Å². The second kappa shape index (κ2) is 10.7. The van der Waals surface area contributed by atoms with E-state index in [2.05, 4.69) is 4.74 Å². The van der Waals surface area contributed by atoms with E-state index in [1.807, 2.05) is 6.92 Å². The Kier molecular flexibility index (Phi) is 8.18. The minimum atomic E-state index is -5.54. The first-order chi connectivity index (χ1) is 17.6. The van der Waals surface area contributed by atoms with E-state index >= 15 is 4.39 Å². The molecular weight excluding hydrogens is 541 g/mol. The molecule has 0 aliphatic heterocycles. The Bertz CT molecular complexity index is 1300. The average Bonchev–Trinajstić information content (AvgIpc) is 2.73. The highest BCUT2D eigenvalue weighted by Gasteiger charge is 2.44. The van der Waals surface area contributed by atoms with Crippen LogP contribution in [0.5, 0.6) is 11.5 Å². The van der Waals surface area contributed by atoms with E-state index in [1.54, 1.807) is 0 Å². The quantitative estimate of drug-likeness (QED) is 0.221. The van der Waals surface area contributed by atoms with Gasteiger partial charge in [0.2, 0.25) is 0 Å². The Morgan fingerprint density at radius 3 is 1.71 bits per heavy atom. The normalized spacial score (nSPS) is 12.2. The smallest absolute Gasteiger partial charge is 0.432 e. The number of aryl methyl sites for hydroxylation is 1. The molecule has 3 rings (SSSR count). The van der Waals surface area contributed by atoms with Crippen LogP contribution in [0.15, 0.2) is 30.3 Å². The molecule has 0 aliphatic rings. The number of rotatable bonds is 8. The second-order valence-corrected chi connectivity index (χ2v) is 8.21. The number of aromatic hydroxyl groups is 1. The zero-order valence-electron chi connectivity index (χ0n) is 19.2. The summed E-state index contributed by atoms with van der Waals surface area (Å²) in [6, 6.07) is 0.852. The topological polar surface area (TPSA) is 29.5 Å². The van der Waals surface area contributed by atoms with Crippen LogP contribution in [-0.2, 0) is 18.7 Å². The van der Waals surface area contributed by atoms with Crippen LogP contribution in [0.2, 0.25) is 0 Å². The van der Waals surface area contributed by atoms with E-state index in [4.69, 9.17) is 0 Å². The molecule has 0 fully saturated rings. The molecule has 0 atom stereocenters. The van der Waals surface area contributed by atoms with Crippen molar-refractivity contribution in [1.82, 2.24) is 0 Å². The van der Waals surface area contributed by atoms with Gasteiger partial charge in [0, 0.05) is 18.2 Å². The van der Waals surface area contributed by atoms with Crippen LogP contribution in [0, 0.1) is 34.9 Å². The van der Waals surface area contributed by atoms with Gasteiger partial charge in [-0.05, 0) is 30.5 Å². The summed E-state index contributed by atoms with van der Waals surface area (Å²) in [5, 5.41) is 9.97. The number of ether oxygens (including phenoxy) is 1. The van der Waals surface area contributed by atoms with Crippen molar-refractivity contribution in [3.8, 4) is 22.6 Å². The molecule has 0 unspecified atom stereocenters. The lowest BCUT2D eigenvalue weighted by Crippen LogP contribution is -2.26. The van der Waals surface area contributed by atoms with Gasteiger partial charge in [0.15, 0.2) is 5.82 Å². The number of hydrogen-bond donors (Lipinski definition) is 1. The van der Waals surface area contributed by atoms with Gasteiger partial charge >= 0.3 is 12.3 Å². The molecule has 0 saturated heterocycles. The van der Waals surface area contributed by atoms with Gasteiger partial charge in [-0.2, -0.15) is 22.0 Å². The van der Waals surface area contributed by atoms with Gasteiger partial charge in [0.05, 0.1) is 11.1 Å². The predicted molar refractivity (Wildman–Crippen MR) is 112 cm³/mol. The SMILES string of the molecule is CCCCCc1cc(F)c(-c2c(O)cc(F)c(C(F)(F)Oc3cc(F)c(C(F)(F)F)c(F)c3)c2F)c(F)c1. The lowest BCUT2D eigenvalue weighted by Gasteiger charge is -2.22. The summed E-state index contributed by atoms with van der Waals surface area (Å²) in [4.78, 5) is 0. The van der Waals surface area contributed by atoms with Crippen LogP contribution in [0.1, 0.15) is 42.9 Å². The van der Waals surface area contributed by atoms with E-state index in [-0.39, 0.29) is 30.2 Å². The van der Waals surface area contributed by atoms with E-state index in [0.717, 1.165) is 25.0 Å². The van der Waals surface area contributed by atoms with Crippen molar-refractivity contribution in [3.63, 3.8) is 0 Å². The molecule has 2 nitrogen and oxygen atoms in total. The molecule has 1 N–H and O–H groups in total. The zero-order chi connectivity index (χ0) is 28.6. The highest BCUT2D eigenvalue weighted by atomic mass is 19.4. The summed E-state index contributed by atoms with van der Waals surface area (Å²) in [7, 11) is 0. The second-order valence-electron chi connectivity index (χ2n) is 8.21. The Balaban J connectivity index is 2.09. The van der Waals surface area contributed by atoms with Crippen molar-refractivity contribution in [2.75, 3.05) is 0 Å². The van der Waals surface area contributed by atoms with Gasteiger partial charge < -0.3 is 9.84 Å². The number of benzene rings is 3. The third-order valence-corrected chi connectivity index (χ3v) is 5.45. The first kappa shape index (κ1) is 29.1. The summed E-state index contributed by atoms with van der Waals surface area (Å²) in [5.41, 5.74) is -7.45. The maximum atomic E-state index is 15.2. The molecule has 206 valence electrons. The van der Waals surface area contributed by atoms with E-state index in [0.29, 0.717) is 6.42 Å². The number of hydrogen-bond acceptors (Lipinski definition) is 2. The molecule has 0 spiro atoms. The molecule has 3 aromatic carbocycles. The molecule has 0 radical (unpaired) electrons. The first-order valence-corrected chi connectivity index (χ1v) is 10.9. The standard InChI is InChI=1S/C25H17F11O2/c1-2-3-4-5-11-6-13(26)19(14(27)7-11)20-18(37)10-17(30)22(23(20)31)25(35,36)38-12-8-15(28)21(16(29)9-12)24(32,33)34/h6-10,37H,2-5H2,1H3. The van der Waals surface area contributed by atoms with Crippen molar-refractivity contribution in [3.05, 3.63) is 81.9 Å². The summed E-state index contributed by atoms with van der Waals surface area (Å²) >= 11 is 0. The lowest BCUT2D eigenvalue weighted by atomic mass is 9.96. The minimum Gasteiger partial charge on any atom is -0.507 e. The molecule has 0 amide bonds. The molecule has 0 heterocycles. The maximum absolute atomic E-state index is 15.2. The van der Waals surface area contributed by atoms with Crippen molar-refractivity contribution in [1.29, 1.82) is 0 Å². The Hall–Kier alpha value is -3.51. The molecule has 3 aromatic rings. The predicted octanol–water partition coefficient (Wildman–Crippen LogP) is 8.77. The molecule has 0 saturated carbocycles. The molecule has 38 heavy (non-hydrogen) atoms. The van der Waals surface area contributed by atoms with Crippen molar-refractivity contribution >= 4 is 0 Å². The zero-order valence-corrected chi connectivity index (χ0v) is 19.2. The number of alkyl halides is 5. The summed E-state index contributed by atoms with van der Waals surface area (Å²) in [6.07, 6.45) is -8.45.